The van der Waals surface area contributed by atoms with Gasteiger partial charge in [-0.25, -0.2) is 19.4 Å². The summed E-state index contributed by atoms with van der Waals surface area (Å²) in [6.07, 6.45) is 2.15. The Bertz CT molecular complexity index is 1660. The molecule has 2 aliphatic heterocycles. The zero-order valence-electron chi connectivity index (χ0n) is 24.1. The number of aliphatic hydroxyl groups excluding tert-OH is 1. The van der Waals surface area contributed by atoms with Gasteiger partial charge in [0.05, 0.1) is 12.9 Å². The van der Waals surface area contributed by atoms with Gasteiger partial charge in [0.2, 0.25) is 5.28 Å². The zero-order valence-corrected chi connectivity index (χ0v) is 24.9. The van der Waals surface area contributed by atoms with Crippen molar-refractivity contribution in [1.29, 1.82) is 0 Å². The third kappa shape index (κ3) is 5.49. The van der Waals surface area contributed by atoms with Crippen LogP contribution in [0.25, 0.3) is 11.2 Å². The number of aliphatic carboxylic acids is 2. The number of aromatic nitrogens is 4. The van der Waals surface area contributed by atoms with Gasteiger partial charge in [0.15, 0.2) is 28.8 Å². The highest BCUT2D eigenvalue weighted by Gasteiger charge is 2.58. The van der Waals surface area contributed by atoms with Crippen molar-refractivity contribution in [2.45, 2.75) is 42.5 Å². The number of aliphatic hydroxyl groups is 2. The Balaban J connectivity index is 1.39. The number of carboxylic acid groups (broad SMARTS) is 2. The quantitative estimate of drug-likeness (QED) is 0.116. The molecule has 0 radical (unpaired) electrons. The van der Waals surface area contributed by atoms with E-state index in [0.29, 0.717) is 18.8 Å². The van der Waals surface area contributed by atoms with Crippen LogP contribution < -0.4 is 10.2 Å². The first kappa shape index (κ1) is 31.9. The van der Waals surface area contributed by atoms with E-state index in [4.69, 9.17) is 27.5 Å². The van der Waals surface area contributed by atoms with E-state index >= 15 is 0 Å². The number of benzene rings is 1. The third-order valence-corrected chi connectivity index (χ3v) is 8.13. The smallest absolute Gasteiger partial charge is 0.348 e. The van der Waals surface area contributed by atoms with Crippen LogP contribution in [0.4, 0.5) is 16.3 Å². The van der Waals surface area contributed by atoms with Crippen LogP contribution in [0, 0.1) is 12.3 Å². The average molecular weight is 644 g/mol. The van der Waals surface area contributed by atoms with Crippen molar-refractivity contribution >= 4 is 52.2 Å². The molecule has 2 saturated heterocycles. The second kappa shape index (κ2) is 12.1. The predicted molar refractivity (Wildman–Crippen MR) is 158 cm³/mol. The summed E-state index contributed by atoms with van der Waals surface area (Å²) in [5.41, 5.74) is -4.06. The maximum atomic E-state index is 12.5. The SMILES string of the molecule is C#C[C@@]1(O)[C@@H](COC(Cc2ccc(N3CCCN(C)C3=O)cc2)(C(=O)O)C(=O)O)O[C@@H](n2cnc3c(NC)nc(Cl)nc32)[C@@H]1O. The lowest BCUT2D eigenvalue weighted by molar-refractivity contribution is -0.191. The number of nitrogens with zero attached hydrogens (tertiary/aromatic N) is 6. The fourth-order valence-electron chi connectivity index (χ4n) is 5.39. The van der Waals surface area contributed by atoms with Crippen LogP contribution in [0.5, 0.6) is 0 Å². The summed E-state index contributed by atoms with van der Waals surface area (Å²) in [6.45, 7) is 0.280. The predicted octanol–water partition coefficient (Wildman–Crippen LogP) is 0.573. The van der Waals surface area contributed by atoms with E-state index in [1.54, 1.807) is 36.0 Å². The van der Waals surface area contributed by atoms with Crippen LogP contribution in [0.1, 0.15) is 18.2 Å². The number of anilines is 2. The van der Waals surface area contributed by atoms with Crippen LogP contribution in [0.3, 0.4) is 0 Å². The highest BCUT2D eigenvalue weighted by molar-refractivity contribution is 6.28. The molecule has 2 fully saturated rings. The van der Waals surface area contributed by atoms with Crippen molar-refractivity contribution in [2.75, 3.05) is 44.0 Å². The molecule has 238 valence electrons. The number of ether oxygens (including phenoxy) is 2. The second-order valence-corrected chi connectivity index (χ2v) is 11.0. The molecule has 4 atom stereocenters. The van der Waals surface area contributed by atoms with Crippen molar-refractivity contribution in [3.63, 3.8) is 0 Å². The molecular weight excluding hydrogens is 614 g/mol. The molecule has 5 rings (SSSR count). The van der Waals surface area contributed by atoms with Crippen LogP contribution in [-0.2, 0) is 25.5 Å². The van der Waals surface area contributed by atoms with Gasteiger partial charge in [0.1, 0.15) is 12.2 Å². The Morgan fingerprint density at radius 2 is 1.93 bits per heavy atom. The molecule has 2 amide bonds. The summed E-state index contributed by atoms with van der Waals surface area (Å²) in [6, 6.07) is 5.98. The van der Waals surface area contributed by atoms with Gasteiger partial charge in [-0.05, 0) is 35.7 Å². The van der Waals surface area contributed by atoms with Gasteiger partial charge in [-0.15, -0.1) is 6.42 Å². The van der Waals surface area contributed by atoms with Gasteiger partial charge < -0.3 is 40.1 Å². The normalized spacial score (nSPS) is 23.7. The minimum absolute atomic E-state index is 0.121. The van der Waals surface area contributed by atoms with Crippen molar-refractivity contribution in [3.05, 3.63) is 41.4 Å². The van der Waals surface area contributed by atoms with Gasteiger partial charge in [0, 0.05) is 39.3 Å². The lowest BCUT2D eigenvalue weighted by Gasteiger charge is -2.33. The van der Waals surface area contributed by atoms with Crippen LogP contribution in [0.15, 0.2) is 30.6 Å². The Labute approximate surface area is 261 Å². The maximum absolute atomic E-state index is 12.5. The maximum Gasteiger partial charge on any atom is 0.348 e. The number of fused-ring (bicyclic) bond motifs is 1. The van der Waals surface area contributed by atoms with E-state index in [1.165, 1.54) is 23.0 Å². The summed E-state index contributed by atoms with van der Waals surface area (Å²) >= 11 is 6.03. The fourth-order valence-corrected chi connectivity index (χ4v) is 5.55. The minimum atomic E-state index is -2.84. The van der Waals surface area contributed by atoms with Gasteiger partial charge in [-0.1, -0.05) is 18.1 Å². The Kier molecular flexibility index (Phi) is 8.58. The second-order valence-electron chi connectivity index (χ2n) is 10.6. The molecule has 0 spiro atoms. The first-order chi connectivity index (χ1) is 21.4. The molecule has 16 nitrogen and oxygen atoms in total. The van der Waals surface area contributed by atoms with Crippen molar-refractivity contribution in [3.8, 4) is 12.3 Å². The van der Waals surface area contributed by atoms with Crippen LogP contribution >= 0.6 is 11.6 Å². The summed E-state index contributed by atoms with van der Waals surface area (Å²) in [5, 5.41) is 45.2. The number of rotatable bonds is 10. The van der Waals surface area contributed by atoms with Gasteiger partial charge in [-0.2, -0.15) is 9.97 Å². The van der Waals surface area contributed by atoms with E-state index in [1.807, 2.05) is 0 Å². The number of imidazole rings is 1. The molecule has 0 bridgehead atoms. The average Bonchev–Trinajstić information content (AvgIpc) is 3.54. The number of carbonyl (C=O) groups excluding carboxylic acids is 1. The fraction of sp³-hybridized carbons (Fsp3) is 0.429. The van der Waals surface area contributed by atoms with Crippen molar-refractivity contribution < 1.29 is 44.3 Å². The lowest BCUT2D eigenvalue weighted by atomic mass is 9.91. The number of carbonyl (C=O) groups is 3. The molecule has 45 heavy (non-hydrogen) atoms. The van der Waals surface area contributed by atoms with Crippen LogP contribution in [-0.4, -0.2) is 120 Å². The van der Waals surface area contributed by atoms with E-state index in [2.05, 4.69) is 26.2 Å². The summed E-state index contributed by atoms with van der Waals surface area (Å²) in [7, 11) is 3.27. The number of halogens is 1. The van der Waals surface area contributed by atoms with E-state index in [-0.39, 0.29) is 33.9 Å². The Morgan fingerprint density at radius 3 is 2.56 bits per heavy atom. The van der Waals surface area contributed by atoms with E-state index in [0.717, 1.165) is 6.42 Å². The molecule has 0 saturated carbocycles. The van der Waals surface area contributed by atoms with E-state index in [9.17, 15) is 34.8 Å². The van der Waals surface area contributed by atoms with Crippen LogP contribution in [0.2, 0.25) is 5.28 Å². The standard InChI is InChI=1S/C28H30ClN7O9/c1-4-27(43)17(45-22(19(27)37)36-14-31-18-20(30-2)32-25(29)33-21(18)36)13-44-28(23(38)39,24(40)41)12-15-6-8-16(9-7-15)35-11-5-10-34(3)26(35)42/h1,6-9,14,17,19,22,37,43H,5,10-13H2,2-3H3,(H,38,39)(H,40,41)(H,30,32,33)/t17-,19+,22-,27-/m1/s1. The number of hydrogen-bond donors (Lipinski definition) is 5. The van der Waals surface area contributed by atoms with E-state index < -0.39 is 54.6 Å². The summed E-state index contributed by atoms with van der Waals surface area (Å²) in [5.74, 6) is -1.30. The molecule has 1 aromatic carbocycles. The Morgan fingerprint density at radius 1 is 1.24 bits per heavy atom. The lowest BCUT2D eigenvalue weighted by Crippen LogP contribution is -2.55. The van der Waals surface area contributed by atoms with Gasteiger partial charge >= 0.3 is 18.0 Å². The van der Waals surface area contributed by atoms with Gasteiger partial charge in [0.25, 0.3) is 5.60 Å². The monoisotopic (exact) mass is 643 g/mol. The zero-order chi connectivity index (χ0) is 32.7. The molecule has 17 heteroatoms. The molecular formula is C28H30ClN7O9. The molecule has 3 aromatic rings. The summed E-state index contributed by atoms with van der Waals surface area (Å²) < 4.78 is 12.6. The van der Waals surface area contributed by atoms with Crippen molar-refractivity contribution in [2.24, 2.45) is 0 Å². The number of carboxylic acids is 2. The first-order valence-electron chi connectivity index (χ1n) is 13.7. The first-order valence-corrected chi connectivity index (χ1v) is 14.1. The number of urea groups is 1. The number of hydrogen-bond acceptors (Lipinski definition) is 11. The molecule has 2 aliphatic rings. The highest BCUT2D eigenvalue weighted by atomic mass is 35.5. The topological polar surface area (TPSA) is 213 Å². The highest BCUT2D eigenvalue weighted by Crippen LogP contribution is 2.39. The Hall–Kier alpha value is -4.53. The number of amides is 2. The largest absolute Gasteiger partial charge is 0.479 e. The third-order valence-electron chi connectivity index (χ3n) is 7.96. The molecule has 5 N–H and O–H groups in total. The van der Waals surface area contributed by atoms with Gasteiger partial charge in [-0.3, -0.25) is 9.47 Å². The molecule has 0 unspecified atom stereocenters. The van der Waals surface area contributed by atoms with Crippen molar-refractivity contribution in [1.82, 2.24) is 24.4 Å². The molecule has 0 aliphatic carbocycles. The summed E-state index contributed by atoms with van der Waals surface area (Å²) in [4.78, 5) is 52.9. The minimum Gasteiger partial charge on any atom is -0.479 e. The molecule has 4 heterocycles. The number of nitrogens with one attached hydrogen (secondary N) is 1. The molecule has 2 aromatic heterocycles. The number of terminal acetylenes is 1.